The Labute approximate surface area is 73.8 Å². The van der Waals surface area contributed by atoms with E-state index < -0.39 is 5.97 Å². The summed E-state index contributed by atoms with van der Waals surface area (Å²) in [4.78, 5) is 2.52. The lowest BCUT2D eigenvalue weighted by Crippen LogP contribution is -2.38. The normalized spacial score (nSPS) is 16.4. The van der Waals surface area contributed by atoms with Crippen LogP contribution in [0.4, 0.5) is 11.4 Å². The van der Waals surface area contributed by atoms with Crippen LogP contribution in [-0.2, 0) is 0 Å². The molecule has 1 aliphatic heterocycles. The van der Waals surface area contributed by atoms with Crippen LogP contribution in [-0.4, -0.2) is 11.1 Å². The van der Waals surface area contributed by atoms with E-state index in [0.717, 1.165) is 0 Å². The molecule has 0 saturated carbocycles. The molecule has 1 aromatic rings. The molecule has 1 aromatic carbocycles. The zero-order valence-corrected chi connectivity index (χ0v) is 6.60. The Morgan fingerprint density at radius 1 is 1.31 bits per heavy atom. The molecule has 6 heteroatoms. The SMILES string of the molecule is [N-]=[N+]=NC1(O)Nc2ccccc2N1. The predicted molar refractivity (Wildman–Crippen MR) is 47.8 cm³/mol. The summed E-state index contributed by atoms with van der Waals surface area (Å²) < 4.78 is 0. The van der Waals surface area contributed by atoms with Crippen molar-refractivity contribution in [2.75, 3.05) is 10.6 Å². The van der Waals surface area contributed by atoms with Gasteiger partial charge in [-0.2, -0.15) is 0 Å². The van der Waals surface area contributed by atoms with E-state index in [1.165, 1.54) is 0 Å². The first-order chi connectivity index (χ1) is 6.23. The summed E-state index contributed by atoms with van der Waals surface area (Å²) in [6.07, 6.45) is 0. The maximum atomic E-state index is 9.57. The zero-order valence-electron chi connectivity index (χ0n) is 6.60. The van der Waals surface area contributed by atoms with E-state index in [1.807, 2.05) is 12.1 Å². The van der Waals surface area contributed by atoms with Crippen molar-refractivity contribution in [3.05, 3.63) is 34.7 Å². The lowest BCUT2D eigenvalue weighted by atomic mass is 10.3. The van der Waals surface area contributed by atoms with Crippen LogP contribution in [0.5, 0.6) is 0 Å². The highest BCUT2D eigenvalue weighted by atomic mass is 16.3. The molecule has 0 aliphatic carbocycles. The van der Waals surface area contributed by atoms with Crippen molar-refractivity contribution in [3.63, 3.8) is 0 Å². The van der Waals surface area contributed by atoms with Gasteiger partial charge in [-0.05, 0) is 22.8 Å². The Morgan fingerprint density at radius 2 is 1.85 bits per heavy atom. The zero-order chi connectivity index (χ0) is 9.31. The van der Waals surface area contributed by atoms with Gasteiger partial charge in [0.2, 0.25) is 0 Å². The summed E-state index contributed by atoms with van der Waals surface area (Å²) >= 11 is 0. The average Bonchev–Trinajstić information content (AvgIpc) is 2.40. The molecule has 0 unspecified atom stereocenters. The molecule has 0 spiro atoms. The van der Waals surface area contributed by atoms with Crippen LogP contribution in [0.3, 0.4) is 0 Å². The molecule has 13 heavy (non-hydrogen) atoms. The summed E-state index contributed by atoms with van der Waals surface area (Å²) in [6.45, 7) is 0. The quantitative estimate of drug-likeness (QED) is 0.344. The van der Waals surface area contributed by atoms with Gasteiger partial charge in [0.05, 0.1) is 11.4 Å². The molecule has 0 amide bonds. The van der Waals surface area contributed by atoms with Crippen molar-refractivity contribution in [1.29, 1.82) is 0 Å². The molecule has 0 saturated heterocycles. The minimum Gasteiger partial charge on any atom is -0.350 e. The molecule has 1 heterocycles. The molecular formula is C7H7N5O. The number of hydrogen-bond donors (Lipinski definition) is 3. The van der Waals surface area contributed by atoms with Gasteiger partial charge in [-0.3, -0.25) is 0 Å². The molecular weight excluding hydrogens is 170 g/mol. The summed E-state index contributed by atoms with van der Waals surface area (Å²) in [7, 11) is 0. The smallest absolute Gasteiger partial charge is 0.297 e. The van der Waals surface area contributed by atoms with Crippen LogP contribution >= 0.6 is 0 Å². The Morgan fingerprint density at radius 3 is 2.31 bits per heavy atom. The summed E-state index contributed by atoms with van der Waals surface area (Å²) in [5, 5.41) is 18.0. The second kappa shape index (κ2) is 2.55. The van der Waals surface area contributed by atoms with Gasteiger partial charge in [0.1, 0.15) is 0 Å². The van der Waals surface area contributed by atoms with E-state index in [2.05, 4.69) is 20.7 Å². The van der Waals surface area contributed by atoms with Gasteiger partial charge in [0, 0.05) is 4.91 Å². The highest BCUT2D eigenvalue weighted by Gasteiger charge is 2.32. The lowest BCUT2D eigenvalue weighted by molar-refractivity contribution is 0.113. The van der Waals surface area contributed by atoms with Crippen molar-refractivity contribution in [2.24, 2.45) is 5.11 Å². The average molecular weight is 177 g/mol. The molecule has 2 rings (SSSR count). The monoisotopic (exact) mass is 177 g/mol. The van der Waals surface area contributed by atoms with E-state index in [4.69, 9.17) is 5.53 Å². The number of benzene rings is 1. The molecule has 0 radical (unpaired) electrons. The first-order valence-electron chi connectivity index (χ1n) is 3.67. The van der Waals surface area contributed by atoms with Crippen molar-refractivity contribution in [1.82, 2.24) is 0 Å². The van der Waals surface area contributed by atoms with Crippen LogP contribution in [0, 0.1) is 0 Å². The first kappa shape index (κ1) is 7.72. The number of fused-ring (bicyclic) bond motifs is 1. The first-order valence-corrected chi connectivity index (χ1v) is 3.67. The fraction of sp³-hybridized carbons (Fsp3) is 0.143. The van der Waals surface area contributed by atoms with Crippen molar-refractivity contribution in [2.45, 2.75) is 5.97 Å². The fourth-order valence-corrected chi connectivity index (χ4v) is 1.22. The van der Waals surface area contributed by atoms with Crippen LogP contribution in [0.2, 0.25) is 0 Å². The number of rotatable bonds is 1. The molecule has 0 bridgehead atoms. The lowest BCUT2D eigenvalue weighted by Gasteiger charge is -2.16. The number of azide groups is 1. The number of para-hydroxylation sites is 2. The maximum Gasteiger partial charge on any atom is 0.297 e. The van der Waals surface area contributed by atoms with E-state index >= 15 is 0 Å². The molecule has 0 atom stereocenters. The molecule has 66 valence electrons. The van der Waals surface area contributed by atoms with Crippen LogP contribution < -0.4 is 10.6 Å². The van der Waals surface area contributed by atoms with Crippen molar-refractivity contribution < 1.29 is 5.11 Å². The minimum absolute atomic E-state index is 0.706. The van der Waals surface area contributed by atoms with Gasteiger partial charge in [-0.15, -0.1) is 0 Å². The topological polar surface area (TPSA) is 93.1 Å². The Kier molecular flexibility index (Phi) is 1.51. The summed E-state index contributed by atoms with van der Waals surface area (Å²) in [5.74, 6) is -1.74. The number of nitrogens with zero attached hydrogens (tertiary/aromatic N) is 3. The van der Waals surface area contributed by atoms with Gasteiger partial charge in [-0.1, -0.05) is 12.1 Å². The standard InChI is InChI=1S/C7H7N5O/c8-12-11-7(13)9-5-3-1-2-4-6(5)10-7/h1-4,9-10,13H. The van der Waals surface area contributed by atoms with Gasteiger partial charge in [0.15, 0.2) is 0 Å². The third kappa shape index (κ3) is 1.24. The Hall–Kier alpha value is -1.91. The van der Waals surface area contributed by atoms with E-state index in [0.29, 0.717) is 11.4 Å². The summed E-state index contributed by atoms with van der Waals surface area (Å²) in [6, 6.07) is 7.17. The van der Waals surface area contributed by atoms with E-state index in [1.54, 1.807) is 12.1 Å². The highest BCUT2D eigenvalue weighted by Crippen LogP contribution is 2.32. The van der Waals surface area contributed by atoms with Gasteiger partial charge >= 0.3 is 0 Å². The van der Waals surface area contributed by atoms with Crippen molar-refractivity contribution >= 4 is 11.4 Å². The van der Waals surface area contributed by atoms with Crippen molar-refractivity contribution in [3.8, 4) is 0 Å². The number of aliphatic hydroxyl groups is 1. The third-order valence-corrected chi connectivity index (χ3v) is 1.73. The minimum atomic E-state index is -1.74. The van der Waals surface area contributed by atoms with E-state index in [-0.39, 0.29) is 0 Å². The number of nitrogens with one attached hydrogen (secondary N) is 2. The molecule has 0 aromatic heterocycles. The number of anilines is 2. The molecule has 3 N–H and O–H groups in total. The second-order valence-electron chi connectivity index (χ2n) is 2.66. The Balaban J connectivity index is 2.36. The maximum absolute atomic E-state index is 9.57. The molecule has 0 fully saturated rings. The summed E-state index contributed by atoms with van der Waals surface area (Å²) in [5.41, 5.74) is 9.60. The second-order valence-corrected chi connectivity index (χ2v) is 2.66. The molecule has 1 aliphatic rings. The Bertz CT molecular complexity index is 359. The van der Waals surface area contributed by atoms with Crippen LogP contribution in [0.1, 0.15) is 0 Å². The predicted octanol–water partition coefficient (Wildman–Crippen LogP) is 1.44. The van der Waals surface area contributed by atoms with E-state index in [9.17, 15) is 5.11 Å². The molecule has 6 nitrogen and oxygen atoms in total. The van der Waals surface area contributed by atoms with Gasteiger partial charge < -0.3 is 15.7 Å². The highest BCUT2D eigenvalue weighted by molar-refractivity contribution is 5.74. The van der Waals surface area contributed by atoms with Crippen LogP contribution in [0.15, 0.2) is 29.4 Å². The van der Waals surface area contributed by atoms with Gasteiger partial charge in [-0.25, -0.2) is 0 Å². The third-order valence-electron chi connectivity index (χ3n) is 1.73. The van der Waals surface area contributed by atoms with Crippen LogP contribution in [0.25, 0.3) is 10.4 Å². The largest absolute Gasteiger partial charge is 0.350 e. The fourth-order valence-electron chi connectivity index (χ4n) is 1.22. The van der Waals surface area contributed by atoms with Gasteiger partial charge in [0.25, 0.3) is 5.97 Å². The number of hydrogen-bond acceptors (Lipinski definition) is 4.